The van der Waals surface area contributed by atoms with Gasteiger partial charge in [0.1, 0.15) is 109 Å². The van der Waals surface area contributed by atoms with Crippen molar-refractivity contribution in [3.63, 3.8) is 0 Å². The lowest BCUT2D eigenvalue weighted by atomic mass is 10.0. The van der Waals surface area contributed by atoms with E-state index in [1.165, 1.54) is 37.5 Å². The minimum Gasteiger partial charge on any atom is -0.481 e. The number of hydrogen-bond donors (Lipinski definition) is 26. The first kappa shape index (κ1) is 117. The molecule has 0 aromatic carbocycles. The third-order valence-electron chi connectivity index (χ3n) is 24.4. The number of carbonyl (C=O) groups excluding carboxylic acids is 21. The Balaban J connectivity index is 1.24. The van der Waals surface area contributed by atoms with E-state index in [0.717, 1.165) is 28.5 Å². The number of nitrogens with two attached hydrogens (primary N) is 5. The number of unbranched alkanes of at least 4 members (excludes halogenated alkanes) is 2. The third kappa shape index (κ3) is 35.7. The van der Waals surface area contributed by atoms with Crippen LogP contribution in [-0.4, -0.2) is 395 Å². The lowest BCUT2D eigenvalue weighted by Gasteiger charge is -2.34. The highest BCUT2D eigenvalue weighted by molar-refractivity contribution is 6.03. The number of carbonyl (C=O) groups is 24. The summed E-state index contributed by atoms with van der Waals surface area (Å²) in [4.78, 5) is 329. The topological polar surface area (TPSA) is 866 Å². The minimum absolute atomic E-state index is 0.00529. The number of rotatable bonds is 58. The molecule has 5 fully saturated rings. The molecule has 55 nitrogen and oxygen atoms in total. The molecule has 0 radical (unpaired) electrons. The van der Waals surface area contributed by atoms with Gasteiger partial charge < -0.3 is 163 Å². The summed E-state index contributed by atoms with van der Waals surface area (Å²) >= 11 is 0. The van der Waals surface area contributed by atoms with Crippen molar-refractivity contribution < 1.29 is 151 Å². The Morgan fingerprint density at radius 3 is 1.13 bits per heavy atom. The molecule has 5 saturated heterocycles. The van der Waals surface area contributed by atoms with E-state index in [1.807, 2.05) is 0 Å². The number of aliphatic carboxylic acids is 3. The number of hydrogen-bond acceptors (Lipinski definition) is 31. The van der Waals surface area contributed by atoms with E-state index < -0.39 is 327 Å². The van der Waals surface area contributed by atoms with Gasteiger partial charge in [-0.25, -0.2) is 0 Å². The van der Waals surface area contributed by atoms with Gasteiger partial charge in [-0.15, -0.1) is 0 Å². The zero-order valence-electron chi connectivity index (χ0n) is 79.2. The summed E-state index contributed by atoms with van der Waals surface area (Å²) in [5.41, 5.74) is 27.9. The van der Waals surface area contributed by atoms with Crippen LogP contribution in [-0.2, 0) is 115 Å². The number of likely N-dealkylation sites (tertiary alicyclic amines) is 5. The largest absolute Gasteiger partial charge is 0.481 e. The van der Waals surface area contributed by atoms with Crippen LogP contribution in [0.2, 0.25) is 0 Å². The first-order chi connectivity index (χ1) is 66.0. The number of amides is 21. The molecule has 0 aromatic heterocycles. The first-order valence-electron chi connectivity index (χ1n) is 46.7. The maximum atomic E-state index is 15.0. The number of nitrogens with one attached hydrogen (secondary N) is 14. The van der Waals surface area contributed by atoms with Crippen LogP contribution in [0.1, 0.15) is 196 Å². The zero-order chi connectivity index (χ0) is 105. The van der Waals surface area contributed by atoms with E-state index in [1.54, 1.807) is 0 Å². The molecule has 5 rings (SSSR count). The van der Waals surface area contributed by atoms with E-state index >= 15 is 4.79 Å². The van der Waals surface area contributed by atoms with Gasteiger partial charge in [0.05, 0.1) is 38.0 Å². The van der Waals surface area contributed by atoms with Crippen molar-refractivity contribution in [2.75, 3.05) is 65.6 Å². The molecule has 55 heteroatoms. The van der Waals surface area contributed by atoms with Gasteiger partial charge >= 0.3 is 17.9 Å². The van der Waals surface area contributed by atoms with Gasteiger partial charge in [0, 0.05) is 58.4 Å². The van der Waals surface area contributed by atoms with E-state index in [9.17, 15) is 146 Å². The molecule has 21 amide bonds. The van der Waals surface area contributed by atoms with Crippen molar-refractivity contribution in [2.24, 2.45) is 28.7 Å². The summed E-state index contributed by atoms with van der Waals surface area (Å²) in [6, 6.07) is -29.0. The molecule has 5 heterocycles. The normalized spacial score (nSPS) is 20.1. The van der Waals surface area contributed by atoms with Gasteiger partial charge in [-0.05, 0) is 183 Å². The van der Waals surface area contributed by atoms with E-state index in [2.05, 4.69) is 74.4 Å². The molecule has 784 valence electrons. The Hall–Kier alpha value is -13.0. The average molecular weight is 1990 g/mol. The van der Waals surface area contributed by atoms with Gasteiger partial charge in [-0.3, -0.25) is 115 Å². The molecule has 0 bridgehead atoms. The summed E-state index contributed by atoms with van der Waals surface area (Å²) < 4.78 is 0. The Morgan fingerprint density at radius 1 is 0.321 bits per heavy atom. The maximum absolute atomic E-state index is 15.0. The predicted molar refractivity (Wildman–Crippen MR) is 484 cm³/mol. The van der Waals surface area contributed by atoms with Crippen LogP contribution < -0.4 is 103 Å². The van der Waals surface area contributed by atoms with Gasteiger partial charge in [-0.1, -0.05) is 0 Å². The quantitative estimate of drug-likeness (QED) is 0.0251. The van der Waals surface area contributed by atoms with Crippen LogP contribution in [0.5, 0.6) is 0 Å². The molecule has 31 N–H and O–H groups in total. The zero-order valence-corrected chi connectivity index (χ0v) is 79.2. The summed E-state index contributed by atoms with van der Waals surface area (Å²) in [6.45, 7) is 4.11. The van der Waals surface area contributed by atoms with Crippen molar-refractivity contribution >= 4 is 142 Å². The van der Waals surface area contributed by atoms with Crippen molar-refractivity contribution in [2.45, 2.75) is 323 Å². The van der Waals surface area contributed by atoms with Crippen LogP contribution >= 0.6 is 0 Å². The average Bonchev–Trinajstić information content (AvgIpc) is 1.64. The number of carboxylic acid groups (broad SMARTS) is 3. The van der Waals surface area contributed by atoms with Gasteiger partial charge in [0.25, 0.3) is 0 Å². The van der Waals surface area contributed by atoms with Crippen LogP contribution in [0.15, 0.2) is 0 Å². The van der Waals surface area contributed by atoms with Crippen molar-refractivity contribution in [3.05, 3.63) is 0 Å². The highest BCUT2D eigenvalue weighted by Gasteiger charge is 2.49. The van der Waals surface area contributed by atoms with E-state index in [4.69, 9.17) is 28.7 Å². The highest BCUT2D eigenvalue weighted by atomic mass is 16.4. The lowest BCUT2D eigenvalue weighted by Crippen LogP contribution is -2.62. The number of carboxylic acids is 3. The predicted octanol–water partition coefficient (Wildman–Crippen LogP) is -12.9. The Bertz CT molecular complexity index is 4450. The van der Waals surface area contributed by atoms with Crippen molar-refractivity contribution in [3.8, 4) is 0 Å². The summed E-state index contributed by atoms with van der Waals surface area (Å²) in [5.74, 6) is -24.6. The monoisotopic (exact) mass is 1990 g/mol. The van der Waals surface area contributed by atoms with Crippen LogP contribution in [0, 0.1) is 0 Å². The van der Waals surface area contributed by atoms with E-state index in [-0.39, 0.29) is 149 Å². The number of aliphatic hydroxyl groups excluding tert-OH is 4. The van der Waals surface area contributed by atoms with Crippen LogP contribution in [0.4, 0.5) is 0 Å². The first-order valence-corrected chi connectivity index (χ1v) is 46.7. The standard InChI is InChI=1S/C85H138N24O31/c1-41(92-68(122)42(2)93-70(124)47(88)23-27-60(89)114)67(121)91-38-62(116)105-33-11-18-55(105)76(130)101-53(39-110)75(129)102-54(40-111)82(136)106-34-12-19-56(106)77(131)97-49(24-28-61(90)115)73(127)100-52(17-8-10-32-87)81(135)109-37-15-22-59(109)83(137)107-35-13-21-58(107)79(133)104-66(46(6)113)84(138)108-36-14-20-57(108)78(132)98-50(25-29-63(117)118)72(126)96-51(26-30-64(119)120)74(128)103-65(45(5)112)80(134)99-48(16-7-9-31-86)71(125)94-43(3)69(123)95-44(4)85(139)140/h41-59,65-66,110-113H,7-40,86-88H2,1-6H3,(H2,89,114)(H2,90,115)(H,91,121)(H,92,122)(H,93,124)(H,94,125)(H,95,123)(H,96,126)(H,97,131)(H,98,132)(H,99,134)(H,100,127)(H,101,130)(H,102,129)(H,103,128)(H,104,133)(H,117,118)(H,119,120)(H,139,140)/t41-,42-,43-,44-,45+,46+,47-,48-,49-,50-,51-,52-,53-,54-,55-,56-,57-,58-,59-,65-,66-/m0/s1. The summed E-state index contributed by atoms with van der Waals surface area (Å²) in [6.07, 6.45) is -6.19. The van der Waals surface area contributed by atoms with Gasteiger partial charge in [0.2, 0.25) is 124 Å². The molecule has 0 saturated carbocycles. The maximum Gasteiger partial charge on any atom is 0.325 e. The molecule has 21 atom stereocenters. The van der Waals surface area contributed by atoms with Crippen LogP contribution in [0.3, 0.4) is 0 Å². The molecule has 0 aliphatic carbocycles. The van der Waals surface area contributed by atoms with Crippen LogP contribution in [0.25, 0.3) is 0 Å². The molecule has 140 heavy (non-hydrogen) atoms. The Kier molecular flexibility index (Phi) is 48.3. The van der Waals surface area contributed by atoms with Gasteiger partial charge in [-0.2, -0.15) is 0 Å². The lowest BCUT2D eigenvalue weighted by molar-refractivity contribution is -0.149. The number of aliphatic hydroxyl groups is 4. The SMILES string of the molecule is C[C@H](NC(=O)[C@H](C)NC(=O)[C@H](CCCCN)NC(=O)[C@@H](NC(=O)[C@H](CCC(=O)O)NC(=O)[C@H](CCC(=O)O)NC(=O)[C@@H]1CCCN1C(=O)[C@@H](NC(=O)[C@@H]1CCCN1C(=O)[C@@H]1CCCN1C(=O)[C@H](CCCCN)NC(=O)[C@H](CCC(N)=O)NC(=O)[C@@H]1CCCN1C(=O)[C@H](CO)NC(=O)[C@H](CO)NC(=O)[C@@H]1CCCN1C(=O)CNC(=O)[C@H](C)NC(=O)[C@H](C)NC(=O)[C@@H](N)CCC(N)=O)[C@@H](C)O)[C@@H](C)O)C(=O)O. The second kappa shape index (κ2) is 57.5. The smallest absolute Gasteiger partial charge is 0.325 e. The fraction of sp³-hybridized carbons (Fsp3) is 0.718. The molecule has 0 spiro atoms. The second-order valence-electron chi connectivity index (χ2n) is 35.3. The second-order valence-corrected chi connectivity index (χ2v) is 35.3. The fourth-order valence-corrected chi connectivity index (χ4v) is 16.4. The highest BCUT2D eigenvalue weighted by Crippen LogP contribution is 2.29. The number of nitrogens with zero attached hydrogens (tertiary/aromatic N) is 5. The van der Waals surface area contributed by atoms with Gasteiger partial charge in [0.15, 0.2) is 0 Å². The Morgan fingerprint density at radius 2 is 0.657 bits per heavy atom. The summed E-state index contributed by atoms with van der Waals surface area (Å²) in [5, 5.41) is 105. The van der Waals surface area contributed by atoms with Crippen molar-refractivity contribution in [1.82, 2.24) is 98.9 Å². The molecule has 0 aromatic rings. The summed E-state index contributed by atoms with van der Waals surface area (Å²) in [7, 11) is 0. The molecular formula is C85H138N24O31. The minimum atomic E-state index is -1.96. The molecular weight excluding hydrogens is 1850 g/mol. The third-order valence-corrected chi connectivity index (χ3v) is 24.4. The number of primary amides is 2. The Labute approximate surface area is 805 Å². The fourth-order valence-electron chi connectivity index (χ4n) is 16.4. The van der Waals surface area contributed by atoms with E-state index in [0.29, 0.717) is 12.8 Å². The molecule has 5 aliphatic heterocycles. The molecule has 5 aliphatic rings. The molecule has 0 unspecified atom stereocenters. The van der Waals surface area contributed by atoms with Crippen molar-refractivity contribution in [1.29, 1.82) is 0 Å².